The van der Waals surface area contributed by atoms with Crippen LogP contribution in [0.25, 0.3) is 6.08 Å². The molecule has 3 nitrogen and oxygen atoms in total. The maximum absolute atomic E-state index is 11.9. The number of hydrogen-bond donors (Lipinski definition) is 1. The third kappa shape index (κ3) is 4.37. The van der Waals surface area contributed by atoms with Crippen molar-refractivity contribution in [1.29, 1.82) is 0 Å². The van der Waals surface area contributed by atoms with Gasteiger partial charge < -0.3 is 10.1 Å². The van der Waals surface area contributed by atoms with Gasteiger partial charge in [0.25, 0.3) is 0 Å². The largest absolute Gasteiger partial charge is 0.496 e. The molecule has 108 valence electrons. The first kappa shape index (κ1) is 15.1. The van der Waals surface area contributed by atoms with E-state index in [9.17, 15) is 4.79 Å². The summed E-state index contributed by atoms with van der Waals surface area (Å²) in [5.74, 6) is 0.730. The minimum absolute atomic E-state index is 0.0288. The number of carbonyl (C=O) groups excluding carboxylic acids is 1. The fourth-order valence-corrected chi connectivity index (χ4v) is 2.88. The first-order valence-corrected chi connectivity index (χ1v) is 7.80. The van der Waals surface area contributed by atoms with Crippen LogP contribution in [0.4, 0.5) is 0 Å². The van der Waals surface area contributed by atoms with Gasteiger partial charge in [-0.3, -0.25) is 4.79 Å². The van der Waals surface area contributed by atoms with Crippen molar-refractivity contribution < 1.29 is 9.53 Å². The van der Waals surface area contributed by atoms with Gasteiger partial charge in [-0.2, -0.15) is 0 Å². The van der Waals surface area contributed by atoms with E-state index in [-0.39, 0.29) is 5.91 Å². The van der Waals surface area contributed by atoms with Crippen molar-refractivity contribution in [3.63, 3.8) is 0 Å². The Kier molecular flexibility index (Phi) is 5.65. The Hall–Kier alpha value is -1.29. The van der Waals surface area contributed by atoms with Gasteiger partial charge in [0.15, 0.2) is 0 Å². The third-order valence-corrected chi connectivity index (χ3v) is 4.05. The summed E-state index contributed by atoms with van der Waals surface area (Å²) < 4.78 is 6.24. The molecule has 0 saturated heterocycles. The second-order valence-electron chi connectivity index (χ2n) is 5.06. The molecule has 0 aromatic heterocycles. The zero-order valence-electron chi connectivity index (χ0n) is 11.7. The number of halogens is 1. The summed E-state index contributed by atoms with van der Waals surface area (Å²) in [4.78, 5) is 11.9. The number of amides is 1. The van der Waals surface area contributed by atoms with Crippen LogP contribution in [-0.4, -0.2) is 19.1 Å². The summed E-state index contributed by atoms with van der Waals surface area (Å²) >= 11 is 3.42. The topological polar surface area (TPSA) is 38.3 Å². The number of nitrogens with one attached hydrogen (secondary N) is 1. The number of ether oxygens (including phenoxy) is 1. The molecule has 1 aromatic rings. The number of methoxy groups -OCH3 is 1. The molecule has 1 saturated carbocycles. The van der Waals surface area contributed by atoms with Crippen molar-refractivity contribution in [2.45, 2.75) is 38.1 Å². The van der Waals surface area contributed by atoms with Gasteiger partial charge in [0.05, 0.1) is 7.11 Å². The first-order chi connectivity index (χ1) is 9.69. The lowest BCUT2D eigenvalue weighted by molar-refractivity contribution is -0.117. The Morgan fingerprint density at radius 3 is 2.80 bits per heavy atom. The molecule has 20 heavy (non-hydrogen) atoms. The lowest BCUT2D eigenvalue weighted by Crippen LogP contribution is -2.34. The molecule has 0 spiro atoms. The van der Waals surface area contributed by atoms with Crippen molar-refractivity contribution >= 4 is 27.9 Å². The van der Waals surface area contributed by atoms with Gasteiger partial charge in [0, 0.05) is 22.2 Å². The molecular weight excluding hydrogens is 318 g/mol. The number of rotatable bonds is 4. The van der Waals surface area contributed by atoms with Gasteiger partial charge in [-0.25, -0.2) is 0 Å². The standard InChI is InChI=1S/C16H20BrNO2/c1-20-15-9-8-13(17)11-12(15)7-10-16(19)18-14-5-3-2-4-6-14/h7-11,14H,2-6H2,1H3,(H,18,19)/b10-7+. The van der Waals surface area contributed by atoms with Crippen LogP contribution in [0.1, 0.15) is 37.7 Å². The maximum Gasteiger partial charge on any atom is 0.244 e. The highest BCUT2D eigenvalue weighted by atomic mass is 79.9. The summed E-state index contributed by atoms with van der Waals surface area (Å²) in [6.07, 6.45) is 9.29. The summed E-state index contributed by atoms with van der Waals surface area (Å²) in [5.41, 5.74) is 0.890. The molecule has 1 aliphatic carbocycles. The van der Waals surface area contributed by atoms with Gasteiger partial charge in [-0.05, 0) is 37.1 Å². The Morgan fingerprint density at radius 2 is 2.10 bits per heavy atom. The van der Waals surface area contributed by atoms with Gasteiger partial charge >= 0.3 is 0 Å². The van der Waals surface area contributed by atoms with Gasteiger partial charge in [-0.15, -0.1) is 0 Å². The Balaban J connectivity index is 1.97. The van der Waals surface area contributed by atoms with E-state index in [1.54, 1.807) is 19.3 Å². The van der Waals surface area contributed by atoms with Crippen molar-refractivity contribution in [2.75, 3.05) is 7.11 Å². The lowest BCUT2D eigenvalue weighted by Gasteiger charge is -2.21. The van der Waals surface area contributed by atoms with Crippen LogP contribution in [0.2, 0.25) is 0 Å². The molecule has 0 radical (unpaired) electrons. The van der Waals surface area contributed by atoms with Crippen LogP contribution in [0.5, 0.6) is 5.75 Å². The van der Waals surface area contributed by atoms with E-state index >= 15 is 0 Å². The first-order valence-electron chi connectivity index (χ1n) is 7.01. The molecule has 0 aliphatic heterocycles. The molecule has 0 heterocycles. The Labute approximate surface area is 128 Å². The highest BCUT2D eigenvalue weighted by Crippen LogP contribution is 2.24. The minimum Gasteiger partial charge on any atom is -0.496 e. The van der Waals surface area contributed by atoms with E-state index in [1.165, 1.54) is 19.3 Å². The van der Waals surface area contributed by atoms with Crippen LogP contribution in [-0.2, 0) is 4.79 Å². The monoisotopic (exact) mass is 337 g/mol. The summed E-state index contributed by atoms with van der Waals surface area (Å²) in [6, 6.07) is 6.06. The third-order valence-electron chi connectivity index (χ3n) is 3.56. The van der Waals surface area contributed by atoms with E-state index in [2.05, 4.69) is 21.2 Å². The number of hydrogen-bond acceptors (Lipinski definition) is 2. The maximum atomic E-state index is 11.9. The van der Waals surface area contributed by atoms with E-state index in [0.717, 1.165) is 28.6 Å². The highest BCUT2D eigenvalue weighted by Gasteiger charge is 2.14. The van der Waals surface area contributed by atoms with Crippen molar-refractivity contribution in [2.24, 2.45) is 0 Å². The second-order valence-corrected chi connectivity index (χ2v) is 5.98. The molecule has 1 aromatic carbocycles. The van der Waals surface area contributed by atoms with Gasteiger partial charge in [-0.1, -0.05) is 35.2 Å². The van der Waals surface area contributed by atoms with Gasteiger partial charge in [0.1, 0.15) is 5.75 Å². The van der Waals surface area contributed by atoms with E-state index in [0.29, 0.717) is 6.04 Å². The average Bonchev–Trinajstić information content (AvgIpc) is 2.46. The van der Waals surface area contributed by atoms with Crippen LogP contribution in [0.3, 0.4) is 0 Å². The zero-order valence-corrected chi connectivity index (χ0v) is 13.3. The Morgan fingerprint density at radius 1 is 1.35 bits per heavy atom. The molecule has 1 fully saturated rings. The van der Waals surface area contributed by atoms with E-state index < -0.39 is 0 Å². The predicted octanol–water partition coefficient (Wildman–Crippen LogP) is 3.92. The van der Waals surface area contributed by atoms with Crippen molar-refractivity contribution in [3.8, 4) is 5.75 Å². The van der Waals surface area contributed by atoms with Crippen molar-refractivity contribution in [1.82, 2.24) is 5.32 Å². The molecule has 0 unspecified atom stereocenters. The van der Waals surface area contributed by atoms with Crippen LogP contribution in [0.15, 0.2) is 28.7 Å². The average molecular weight is 338 g/mol. The summed E-state index contributed by atoms with van der Waals surface area (Å²) in [6.45, 7) is 0. The minimum atomic E-state index is -0.0288. The molecular formula is C16H20BrNO2. The molecule has 1 amide bonds. The fourth-order valence-electron chi connectivity index (χ4n) is 2.50. The summed E-state index contributed by atoms with van der Waals surface area (Å²) in [5, 5.41) is 3.06. The lowest BCUT2D eigenvalue weighted by atomic mass is 9.95. The zero-order chi connectivity index (χ0) is 14.4. The quantitative estimate of drug-likeness (QED) is 0.845. The molecule has 1 N–H and O–H groups in total. The second kappa shape index (κ2) is 7.48. The van der Waals surface area contributed by atoms with Crippen LogP contribution < -0.4 is 10.1 Å². The van der Waals surface area contributed by atoms with Crippen molar-refractivity contribution in [3.05, 3.63) is 34.3 Å². The Bertz CT molecular complexity index is 493. The SMILES string of the molecule is COc1ccc(Br)cc1/C=C/C(=O)NC1CCCCC1. The molecule has 1 aliphatic rings. The van der Waals surface area contributed by atoms with E-state index in [1.807, 2.05) is 18.2 Å². The summed E-state index contributed by atoms with van der Waals surface area (Å²) in [7, 11) is 1.63. The molecule has 0 bridgehead atoms. The predicted molar refractivity (Wildman–Crippen MR) is 84.7 cm³/mol. The van der Waals surface area contributed by atoms with Crippen LogP contribution >= 0.6 is 15.9 Å². The number of carbonyl (C=O) groups is 1. The normalized spacial score (nSPS) is 16.3. The molecule has 2 rings (SSSR count). The van der Waals surface area contributed by atoms with Gasteiger partial charge in [0.2, 0.25) is 5.91 Å². The smallest absolute Gasteiger partial charge is 0.244 e. The van der Waals surface area contributed by atoms with Crippen LogP contribution in [0, 0.1) is 0 Å². The molecule has 4 heteroatoms. The fraction of sp³-hybridized carbons (Fsp3) is 0.438. The van der Waals surface area contributed by atoms with E-state index in [4.69, 9.17) is 4.74 Å². The highest BCUT2D eigenvalue weighted by molar-refractivity contribution is 9.10. The number of benzene rings is 1. The molecule has 0 atom stereocenters.